The maximum atomic E-state index is 10.5. The van der Waals surface area contributed by atoms with E-state index >= 15 is 0 Å². The molecule has 0 aliphatic carbocycles. The van der Waals surface area contributed by atoms with E-state index in [2.05, 4.69) is 15.8 Å². The van der Waals surface area contributed by atoms with E-state index in [4.69, 9.17) is 21.4 Å². The van der Waals surface area contributed by atoms with Gasteiger partial charge in [0.05, 0.1) is 25.1 Å². The predicted molar refractivity (Wildman–Crippen MR) is 85.3 cm³/mol. The number of furan rings is 1. The molecule has 0 saturated heterocycles. The molecule has 0 bridgehead atoms. The lowest BCUT2D eigenvalue weighted by molar-refractivity contribution is -0.402. The van der Waals surface area contributed by atoms with Gasteiger partial charge in [0.1, 0.15) is 10.7 Å². The summed E-state index contributed by atoms with van der Waals surface area (Å²) >= 11 is 5.08. The highest BCUT2D eigenvalue weighted by Crippen LogP contribution is 2.22. The molecule has 1 heterocycles. The topological polar surface area (TPSA) is 102 Å². The summed E-state index contributed by atoms with van der Waals surface area (Å²) in [6.07, 6.45) is 1.28. The van der Waals surface area contributed by atoms with Crippen molar-refractivity contribution in [1.82, 2.24) is 5.43 Å². The smallest absolute Gasteiger partial charge is 0.433 e. The summed E-state index contributed by atoms with van der Waals surface area (Å²) in [6.45, 7) is 0. The van der Waals surface area contributed by atoms with Crippen LogP contribution in [0.4, 0.5) is 11.6 Å². The Morgan fingerprint density at radius 3 is 2.86 bits per heavy atom. The van der Waals surface area contributed by atoms with Crippen LogP contribution < -0.4 is 15.5 Å². The zero-order valence-electron chi connectivity index (χ0n) is 11.5. The minimum atomic E-state index is -0.626. The van der Waals surface area contributed by atoms with Crippen LogP contribution in [0.2, 0.25) is 0 Å². The summed E-state index contributed by atoms with van der Waals surface area (Å²) in [4.78, 5) is 9.84. The van der Waals surface area contributed by atoms with E-state index < -0.39 is 4.92 Å². The lowest BCUT2D eigenvalue weighted by Crippen LogP contribution is -2.24. The van der Waals surface area contributed by atoms with Crippen molar-refractivity contribution in [3.05, 3.63) is 52.3 Å². The van der Waals surface area contributed by atoms with Crippen molar-refractivity contribution in [1.29, 1.82) is 0 Å². The van der Waals surface area contributed by atoms with Crippen molar-refractivity contribution in [2.24, 2.45) is 5.10 Å². The number of nitro groups is 1. The monoisotopic (exact) mass is 320 g/mol. The number of methoxy groups -OCH3 is 1. The van der Waals surface area contributed by atoms with Gasteiger partial charge in [-0.25, -0.2) is 0 Å². The molecule has 0 aliphatic rings. The van der Waals surface area contributed by atoms with Crippen molar-refractivity contribution >= 4 is 35.1 Å². The minimum Gasteiger partial charge on any atom is -0.495 e. The van der Waals surface area contributed by atoms with Crippen LogP contribution in [0.3, 0.4) is 0 Å². The molecule has 2 aromatic rings. The molecule has 22 heavy (non-hydrogen) atoms. The summed E-state index contributed by atoms with van der Waals surface area (Å²) in [5, 5.41) is 17.5. The van der Waals surface area contributed by atoms with Gasteiger partial charge in [-0.3, -0.25) is 15.5 Å². The average molecular weight is 320 g/mol. The third kappa shape index (κ3) is 4.03. The Labute approximate surface area is 130 Å². The van der Waals surface area contributed by atoms with E-state index in [0.717, 1.165) is 0 Å². The van der Waals surface area contributed by atoms with Gasteiger partial charge in [-0.15, -0.1) is 0 Å². The first-order chi connectivity index (χ1) is 10.6. The van der Waals surface area contributed by atoms with Crippen LogP contribution in [-0.4, -0.2) is 23.4 Å². The van der Waals surface area contributed by atoms with E-state index in [1.807, 2.05) is 12.1 Å². The Balaban J connectivity index is 1.92. The summed E-state index contributed by atoms with van der Waals surface area (Å²) in [6, 6.07) is 9.93. The zero-order valence-corrected chi connectivity index (χ0v) is 12.3. The summed E-state index contributed by atoms with van der Waals surface area (Å²) in [5.74, 6) is 0.521. The average Bonchev–Trinajstić information content (AvgIpc) is 2.97. The van der Waals surface area contributed by atoms with Crippen LogP contribution in [0.1, 0.15) is 5.76 Å². The Kier molecular flexibility index (Phi) is 5.04. The van der Waals surface area contributed by atoms with Crippen LogP contribution in [0.25, 0.3) is 0 Å². The molecule has 9 heteroatoms. The zero-order chi connectivity index (χ0) is 15.9. The van der Waals surface area contributed by atoms with E-state index in [9.17, 15) is 10.1 Å². The summed E-state index contributed by atoms with van der Waals surface area (Å²) in [5.41, 5.74) is 3.26. The predicted octanol–water partition coefficient (Wildman–Crippen LogP) is 2.52. The molecule has 2 rings (SSSR count). The van der Waals surface area contributed by atoms with E-state index in [-0.39, 0.29) is 16.8 Å². The van der Waals surface area contributed by atoms with Gasteiger partial charge in [-0.1, -0.05) is 12.1 Å². The van der Waals surface area contributed by atoms with Crippen LogP contribution >= 0.6 is 12.2 Å². The first-order valence-corrected chi connectivity index (χ1v) is 6.48. The molecule has 114 valence electrons. The SMILES string of the molecule is COc1ccccc1NC(=S)NN=Cc1ccc([N+](=O)[O-])o1. The van der Waals surface area contributed by atoms with Crippen molar-refractivity contribution in [2.75, 3.05) is 12.4 Å². The quantitative estimate of drug-likeness (QED) is 0.378. The minimum absolute atomic E-state index is 0.235. The number of benzene rings is 1. The number of hydrogen-bond acceptors (Lipinski definition) is 6. The molecule has 0 radical (unpaired) electrons. The van der Waals surface area contributed by atoms with E-state index in [1.54, 1.807) is 19.2 Å². The first-order valence-electron chi connectivity index (χ1n) is 6.07. The normalized spacial score (nSPS) is 10.4. The Bertz CT molecular complexity index is 714. The lowest BCUT2D eigenvalue weighted by atomic mass is 10.3. The molecule has 0 saturated carbocycles. The van der Waals surface area contributed by atoms with Gasteiger partial charge in [-0.05, 0) is 30.4 Å². The highest BCUT2D eigenvalue weighted by Gasteiger charge is 2.10. The number of ether oxygens (including phenoxy) is 1. The lowest BCUT2D eigenvalue weighted by Gasteiger charge is -2.10. The Morgan fingerprint density at radius 1 is 1.41 bits per heavy atom. The fourth-order valence-electron chi connectivity index (χ4n) is 1.56. The number of para-hydroxylation sites is 2. The van der Waals surface area contributed by atoms with Gasteiger partial charge in [0.25, 0.3) is 0 Å². The third-order valence-corrected chi connectivity index (χ3v) is 2.70. The number of anilines is 1. The van der Waals surface area contributed by atoms with Gasteiger partial charge < -0.3 is 14.5 Å². The molecule has 0 spiro atoms. The standard InChI is InChI=1S/C13H12N4O4S/c1-20-11-5-3-2-4-10(11)15-13(22)16-14-8-9-6-7-12(21-9)17(18)19/h2-8H,1H3,(H2,15,16,22). The fourth-order valence-corrected chi connectivity index (χ4v) is 1.73. The number of nitrogens with zero attached hydrogens (tertiary/aromatic N) is 2. The highest BCUT2D eigenvalue weighted by atomic mass is 32.1. The van der Waals surface area contributed by atoms with Gasteiger partial charge in [-0.2, -0.15) is 5.10 Å². The molecule has 1 aromatic heterocycles. The van der Waals surface area contributed by atoms with Crippen molar-refractivity contribution in [3.8, 4) is 5.75 Å². The molecule has 0 atom stereocenters. The molecular weight excluding hydrogens is 308 g/mol. The van der Waals surface area contributed by atoms with Gasteiger partial charge >= 0.3 is 5.88 Å². The second-order valence-electron chi connectivity index (χ2n) is 3.96. The second-order valence-corrected chi connectivity index (χ2v) is 4.37. The van der Waals surface area contributed by atoms with Crippen molar-refractivity contribution in [2.45, 2.75) is 0 Å². The number of hydrogen-bond donors (Lipinski definition) is 2. The van der Waals surface area contributed by atoms with E-state index in [0.29, 0.717) is 11.4 Å². The first kappa shape index (κ1) is 15.4. The number of hydrazone groups is 1. The van der Waals surface area contributed by atoms with Gasteiger partial charge in [0, 0.05) is 0 Å². The maximum absolute atomic E-state index is 10.5. The molecular formula is C13H12N4O4S. The Hall–Kier alpha value is -2.94. The third-order valence-electron chi connectivity index (χ3n) is 2.51. The molecule has 2 N–H and O–H groups in total. The van der Waals surface area contributed by atoms with Crippen molar-refractivity contribution < 1.29 is 14.1 Å². The molecule has 8 nitrogen and oxygen atoms in total. The van der Waals surface area contributed by atoms with Gasteiger partial charge in [0.2, 0.25) is 0 Å². The molecule has 0 aliphatic heterocycles. The Morgan fingerprint density at radius 2 is 2.18 bits per heavy atom. The van der Waals surface area contributed by atoms with Crippen LogP contribution in [0.15, 0.2) is 45.9 Å². The molecule has 0 amide bonds. The van der Waals surface area contributed by atoms with E-state index in [1.165, 1.54) is 18.3 Å². The largest absolute Gasteiger partial charge is 0.495 e. The van der Waals surface area contributed by atoms with Crippen LogP contribution in [0, 0.1) is 10.1 Å². The second kappa shape index (κ2) is 7.18. The fraction of sp³-hybridized carbons (Fsp3) is 0.0769. The summed E-state index contributed by atoms with van der Waals surface area (Å²) in [7, 11) is 1.55. The summed E-state index contributed by atoms with van der Waals surface area (Å²) < 4.78 is 10.1. The van der Waals surface area contributed by atoms with Crippen LogP contribution in [0.5, 0.6) is 5.75 Å². The number of rotatable bonds is 5. The highest BCUT2D eigenvalue weighted by molar-refractivity contribution is 7.80. The number of thiocarbonyl (C=S) groups is 1. The molecule has 0 unspecified atom stereocenters. The maximum Gasteiger partial charge on any atom is 0.433 e. The number of nitrogens with one attached hydrogen (secondary N) is 2. The van der Waals surface area contributed by atoms with Gasteiger partial charge in [0.15, 0.2) is 10.9 Å². The molecule has 1 aromatic carbocycles. The molecule has 0 fully saturated rings. The van der Waals surface area contributed by atoms with Crippen LogP contribution in [-0.2, 0) is 0 Å². The van der Waals surface area contributed by atoms with Crippen molar-refractivity contribution in [3.63, 3.8) is 0 Å².